The first-order chi connectivity index (χ1) is 10.0. The van der Waals surface area contributed by atoms with E-state index in [1.807, 2.05) is 19.9 Å². The molecule has 1 atom stereocenters. The van der Waals surface area contributed by atoms with Gasteiger partial charge in [0.25, 0.3) is 0 Å². The van der Waals surface area contributed by atoms with Gasteiger partial charge in [-0.05, 0) is 26.0 Å². The molecular formula is C12H14ClN5O2S. The van der Waals surface area contributed by atoms with E-state index in [0.717, 1.165) is 4.88 Å². The summed E-state index contributed by atoms with van der Waals surface area (Å²) in [7, 11) is 0. The van der Waals surface area contributed by atoms with E-state index in [2.05, 4.69) is 20.6 Å². The topological polar surface area (TPSA) is 93.0 Å². The first-order valence-corrected chi connectivity index (χ1v) is 7.47. The molecule has 9 heteroatoms. The maximum atomic E-state index is 11.3. The SMILES string of the molecule is CCNc1ncnc(NC(C)c2ccc(Cl)s2)c1[N+](=O)[O-]. The fourth-order valence-electron chi connectivity index (χ4n) is 1.79. The molecule has 112 valence electrons. The summed E-state index contributed by atoms with van der Waals surface area (Å²) in [5.74, 6) is 0.388. The lowest BCUT2D eigenvalue weighted by atomic mass is 10.2. The van der Waals surface area contributed by atoms with E-state index < -0.39 is 4.92 Å². The second-order valence-electron chi connectivity index (χ2n) is 4.21. The summed E-state index contributed by atoms with van der Waals surface area (Å²) < 4.78 is 0.671. The molecule has 0 aliphatic heterocycles. The first-order valence-electron chi connectivity index (χ1n) is 6.28. The Morgan fingerprint density at radius 2 is 2.14 bits per heavy atom. The van der Waals surface area contributed by atoms with Crippen LogP contribution >= 0.6 is 22.9 Å². The molecule has 0 radical (unpaired) electrons. The number of rotatable bonds is 6. The van der Waals surface area contributed by atoms with E-state index in [1.54, 1.807) is 6.07 Å². The Morgan fingerprint density at radius 3 is 2.71 bits per heavy atom. The predicted octanol–water partition coefficient (Wildman–Crippen LogP) is 3.70. The standard InChI is InChI=1S/C12H14ClN5O2S/c1-3-14-11-10(18(19)20)12(16-6-15-11)17-7(2)8-4-5-9(13)21-8/h4-7H,3H2,1-2H3,(H2,14,15,16,17). The van der Waals surface area contributed by atoms with Crippen molar-refractivity contribution in [2.45, 2.75) is 19.9 Å². The van der Waals surface area contributed by atoms with Gasteiger partial charge in [0.15, 0.2) is 0 Å². The highest BCUT2D eigenvalue weighted by molar-refractivity contribution is 7.16. The number of halogens is 1. The molecule has 2 aromatic heterocycles. The number of nitrogens with zero attached hydrogens (tertiary/aromatic N) is 3. The lowest BCUT2D eigenvalue weighted by Crippen LogP contribution is -2.11. The van der Waals surface area contributed by atoms with E-state index in [1.165, 1.54) is 17.7 Å². The summed E-state index contributed by atoms with van der Waals surface area (Å²) in [6.45, 7) is 4.27. The Kier molecular flexibility index (Phi) is 4.92. The Morgan fingerprint density at radius 1 is 1.43 bits per heavy atom. The Bertz CT molecular complexity index is 648. The van der Waals surface area contributed by atoms with Gasteiger partial charge in [-0.25, -0.2) is 9.97 Å². The van der Waals surface area contributed by atoms with Crippen molar-refractivity contribution in [2.24, 2.45) is 0 Å². The first kappa shape index (κ1) is 15.5. The minimum absolute atomic E-state index is 0.148. The van der Waals surface area contributed by atoms with Crippen LogP contribution in [0.15, 0.2) is 18.5 Å². The van der Waals surface area contributed by atoms with Crippen LogP contribution in [0.25, 0.3) is 0 Å². The van der Waals surface area contributed by atoms with Crippen LogP contribution in [-0.4, -0.2) is 21.4 Å². The second kappa shape index (κ2) is 6.68. The normalized spacial score (nSPS) is 12.0. The fraction of sp³-hybridized carbons (Fsp3) is 0.333. The van der Waals surface area contributed by atoms with Crippen molar-refractivity contribution >= 4 is 40.3 Å². The minimum Gasteiger partial charge on any atom is -0.364 e. The summed E-state index contributed by atoms with van der Waals surface area (Å²) >= 11 is 7.32. The Labute approximate surface area is 130 Å². The second-order valence-corrected chi connectivity index (χ2v) is 5.96. The van der Waals surface area contributed by atoms with Crippen LogP contribution in [0.2, 0.25) is 4.34 Å². The average Bonchev–Trinajstić information content (AvgIpc) is 2.86. The van der Waals surface area contributed by atoms with Crippen molar-refractivity contribution < 1.29 is 4.92 Å². The number of hydrogen-bond donors (Lipinski definition) is 2. The number of thiophene rings is 1. The monoisotopic (exact) mass is 327 g/mol. The van der Waals surface area contributed by atoms with Gasteiger partial charge in [0.05, 0.1) is 15.3 Å². The Hall–Kier alpha value is -1.93. The molecule has 0 amide bonds. The molecule has 2 aromatic rings. The van der Waals surface area contributed by atoms with Gasteiger partial charge in [-0.15, -0.1) is 11.3 Å². The van der Waals surface area contributed by atoms with Crippen molar-refractivity contribution in [1.82, 2.24) is 9.97 Å². The van der Waals surface area contributed by atoms with Gasteiger partial charge in [0, 0.05) is 11.4 Å². The highest BCUT2D eigenvalue weighted by atomic mass is 35.5. The van der Waals surface area contributed by atoms with Gasteiger partial charge in [-0.3, -0.25) is 10.1 Å². The Balaban J connectivity index is 2.30. The lowest BCUT2D eigenvalue weighted by molar-refractivity contribution is -0.383. The highest BCUT2D eigenvalue weighted by Crippen LogP contribution is 2.33. The molecule has 7 nitrogen and oxygen atoms in total. The number of hydrogen-bond acceptors (Lipinski definition) is 7. The zero-order valence-corrected chi connectivity index (χ0v) is 13.0. The van der Waals surface area contributed by atoms with Crippen LogP contribution in [0.4, 0.5) is 17.3 Å². The molecule has 0 aliphatic rings. The molecule has 0 aliphatic carbocycles. The summed E-state index contributed by atoms with van der Waals surface area (Å²) in [6, 6.07) is 3.52. The smallest absolute Gasteiger partial charge is 0.353 e. The molecule has 2 heterocycles. The lowest BCUT2D eigenvalue weighted by Gasteiger charge is -2.13. The third kappa shape index (κ3) is 3.59. The van der Waals surface area contributed by atoms with Crippen molar-refractivity contribution in [2.75, 3.05) is 17.2 Å². The van der Waals surface area contributed by atoms with Crippen molar-refractivity contribution in [3.05, 3.63) is 37.8 Å². The molecule has 0 spiro atoms. The van der Waals surface area contributed by atoms with E-state index in [0.29, 0.717) is 10.9 Å². The van der Waals surface area contributed by atoms with Gasteiger partial charge in [-0.2, -0.15) is 0 Å². The minimum atomic E-state index is -0.492. The summed E-state index contributed by atoms with van der Waals surface area (Å²) in [5.41, 5.74) is -0.158. The summed E-state index contributed by atoms with van der Waals surface area (Å²) in [5, 5.41) is 17.2. The van der Waals surface area contributed by atoms with Gasteiger partial charge in [-0.1, -0.05) is 11.6 Å². The third-order valence-electron chi connectivity index (χ3n) is 2.72. The zero-order valence-electron chi connectivity index (χ0n) is 11.5. The van der Waals surface area contributed by atoms with Crippen LogP contribution in [-0.2, 0) is 0 Å². The van der Waals surface area contributed by atoms with E-state index >= 15 is 0 Å². The predicted molar refractivity (Wildman–Crippen MR) is 84.2 cm³/mol. The van der Waals surface area contributed by atoms with Crippen molar-refractivity contribution in [3.8, 4) is 0 Å². The van der Waals surface area contributed by atoms with Gasteiger partial charge >= 0.3 is 5.69 Å². The van der Waals surface area contributed by atoms with Crippen LogP contribution in [0, 0.1) is 10.1 Å². The largest absolute Gasteiger partial charge is 0.364 e. The molecule has 0 bridgehead atoms. The van der Waals surface area contributed by atoms with Gasteiger partial charge in [0.1, 0.15) is 6.33 Å². The highest BCUT2D eigenvalue weighted by Gasteiger charge is 2.24. The van der Waals surface area contributed by atoms with Gasteiger partial charge < -0.3 is 10.6 Å². The van der Waals surface area contributed by atoms with E-state index in [9.17, 15) is 10.1 Å². The number of nitrogens with one attached hydrogen (secondary N) is 2. The van der Waals surface area contributed by atoms with Gasteiger partial charge in [0.2, 0.25) is 11.6 Å². The molecule has 1 unspecified atom stereocenters. The van der Waals surface area contributed by atoms with Crippen molar-refractivity contribution in [1.29, 1.82) is 0 Å². The molecular weight excluding hydrogens is 314 g/mol. The third-order valence-corrected chi connectivity index (χ3v) is 4.14. The summed E-state index contributed by atoms with van der Waals surface area (Å²) in [6.07, 6.45) is 1.29. The maximum Gasteiger partial charge on any atom is 0.353 e. The van der Waals surface area contributed by atoms with Crippen LogP contribution in [0.3, 0.4) is 0 Å². The quantitative estimate of drug-likeness (QED) is 0.620. The average molecular weight is 328 g/mol. The zero-order chi connectivity index (χ0) is 15.4. The van der Waals surface area contributed by atoms with Crippen LogP contribution < -0.4 is 10.6 Å². The maximum absolute atomic E-state index is 11.3. The molecule has 0 fully saturated rings. The molecule has 0 aromatic carbocycles. The molecule has 2 rings (SSSR count). The van der Waals surface area contributed by atoms with Crippen LogP contribution in [0.1, 0.15) is 24.8 Å². The van der Waals surface area contributed by atoms with E-state index in [-0.39, 0.29) is 23.4 Å². The molecule has 0 saturated carbocycles. The number of nitro groups is 1. The number of anilines is 2. The van der Waals surface area contributed by atoms with Crippen LogP contribution in [0.5, 0.6) is 0 Å². The molecule has 21 heavy (non-hydrogen) atoms. The molecule has 2 N–H and O–H groups in total. The molecule has 0 saturated heterocycles. The van der Waals surface area contributed by atoms with E-state index in [4.69, 9.17) is 11.6 Å². The fourth-order valence-corrected chi connectivity index (χ4v) is 2.85. The summed E-state index contributed by atoms with van der Waals surface area (Å²) in [4.78, 5) is 19.6. The van der Waals surface area contributed by atoms with Crippen molar-refractivity contribution in [3.63, 3.8) is 0 Å². The number of aromatic nitrogens is 2.